The quantitative estimate of drug-likeness (QED) is 0.430. The van der Waals surface area contributed by atoms with Crippen LogP contribution in [-0.4, -0.2) is 26.2 Å². The van der Waals surface area contributed by atoms with Crippen molar-refractivity contribution in [3.8, 4) is 5.75 Å². The molecule has 1 aromatic carbocycles. The number of benzene rings is 1. The Kier molecular flexibility index (Phi) is 3.82. The van der Waals surface area contributed by atoms with E-state index in [-0.39, 0.29) is 5.75 Å². The number of nitrogens with zero attached hydrogens (tertiary/aromatic N) is 4. The molecule has 0 aliphatic heterocycles. The zero-order valence-corrected chi connectivity index (χ0v) is 12.1. The van der Waals surface area contributed by atoms with E-state index in [4.69, 9.17) is 5.84 Å². The van der Waals surface area contributed by atoms with Gasteiger partial charge in [-0.05, 0) is 28.1 Å². The number of rotatable bonds is 3. The fourth-order valence-electron chi connectivity index (χ4n) is 1.17. The Bertz CT molecular complexity index is 597. The molecule has 0 aliphatic carbocycles. The average molecular weight is 376 g/mol. The number of hydrazone groups is 1. The van der Waals surface area contributed by atoms with Crippen molar-refractivity contribution in [2.45, 2.75) is 0 Å². The molecule has 0 saturated heterocycles. The molecule has 0 spiro atoms. The van der Waals surface area contributed by atoms with Gasteiger partial charge in [0.25, 0.3) is 5.95 Å². The molecule has 18 heavy (non-hydrogen) atoms. The van der Waals surface area contributed by atoms with Crippen molar-refractivity contribution in [3.05, 3.63) is 33.0 Å². The number of nitrogens with one attached hydrogen (secondary N) is 1. The second-order valence-electron chi connectivity index (χ2n) is 3.26. The van der Waals surface area contributed by atoms with Gasteiger partial charge >= 0.3 is 0 Å². The van der Waals surface area contributed by atoms with Crippen molar-refractivity contribution >= 4 is 44.0 Å². The second-order valence-corrected chi connectivity index (χ2v) is 5.03. The van der Waals surface area contributed by atoms with Crippen LogP contribution in [0.4, 0.5) is 5.95 Å². The van der Waals surface area contributed by atoms with Gasteiger partial charge in [-0.15, -0.1) is 10.2 Å². The molecule has 7 nitrogen and oxygen atoms in total. The molecule has 2 rings (SSSR count). The summed E-state index contributed by atoms with van der Waals surface area (Å²) in [7, 11) is 0. The number of halogens is 2. The molecule has 0 fully saturated rings. The monoisotopic (exact) mass is 374 g/mol. The summed E-state index contributed by atoms with van der Waals surface area (Å²) in [6, 6.07) is 3.45. The Morgan fingerprint density at radius 2 is 2.22 bits per heavy atom. The first-order valence-electron chi connectivity index (χ1n) is 4.70. The smallest absolute Gasteiger partial charge is 0.263 e. The maximum Gasteiger partial charge on any atom is 0.263 e. The van der Waals surface area contributed by atoms with Gasteiger partial charge in [0.2, 0.25) is 0 Å². The first-order chi connectivity index (χ1) is 8.58. The highest BCUT2D eigenvalue weighted by Crippen LogP contribution is 2.30. The summed E-state index contributed by atoms with van der Waals surface area (Å²) in [5.41, 5.74) is 3.13. The summed E-state index contributed by atoms with van der Waals surface area (Å²) in [4.78, 5) is 0. The summed E-state index contributed by atoms with van der Waals surface area (Å²) in [5.74, 6) is 5.88. The molecule has 0 aliphatic rings. The molecule has 4 N–H and O–H groups in total. The topological polar surface area (TPSA) is 101 Å². The van der Waals surface area contributed by atoms with Crippen LogP contribution in [0, 0.1) is 0 Å². The van der Waals surface area contributed by atoms with E-state index in [1.54, 1.807) is 12.1 Å². The fourth-order valence-corrected chi connectivity index (χ4v) is 2.42. The predicted octanol–water partition coefficient (Wildman–Crippen LogP) is 1.67. The van der Waals surface area contributed by atoms with Gasteiger partial charge in [-0.1, -0.05) is 15.9 Å². The number of phenols is 1. The minimum absolute atomic E-state index is 0.0953. The van der Waals surface area contributed by atoms with Crippen molar-refractivity contribution in [1.82, 2.24) is 14.9 Å². The molecule has 0 bridgehead atoms. The van der Waals surface area contributed by atoms with E-state index in [1.807, 2.05) is 0 Å². The molecular weight excluding hydrogens is 368 g/mol. The van der Waals surface area contributed by atoms with E-state index in [0.29, 0.717) is 16.0 Å². The zero-order valence-electron chi connectivity index (χ0n) is 8.88. The van der Waals surface area contributed by atoms with Gasteiger partial charge in [0.15, 0.2) is 0 Å². The minimum Gasteiger partial charge on any atom is -0.506 e. The molecular formula is C9H8Br2N6O. The van der Waals surface area contributed by atoms with Crippen LogP contribution in [0.2, 0.25) is 0 Å². The van der Waals surface area contributed by atoms with Crippen LogP contribution in [0.25, 0.3) is 0 Å². The summed E-state index contributed by atoms with van der Waals surface area (Å²) < 4.78 is 2.57. The second kappa shape index (κ2) is 5.36. The third kappa shape index (κ3) is 2.79. The van der Waals surface area contributed by atoms with Crippen LogP contribution >= 0.6 is 31.9 Å². The minimum atomic E-state index is 0.0953. The lowest BCUT2D eigenvalue weighted by Gasteiger charge is -2.03. The maximum atomic E-state index is 9.79. The number of nitrogen functional groups attached to an aromatic ring is 1. The highest BCUT2D eigenvalue weighted by atomic mass is 79.9. The van der Waals surface area contributed by atoms with E-state index in [2.05, 4.69) is 52.6 Å². The lowest BCUT2D eigenvalue weighted by atomic mass is 10.2. The molecule has 1 heterocycles. The molecule has 0 atom stereocenters. The van der Waals surface area contributed by atoms with Crippen LogP contribution in [0.1, 0.15) is 5.56 Å². The first kappa shape index (κ1) is 12.8. The number of hydrogen-bond acceptors (Lipinski definition) is 6. The van der Waals surface area contributed by atoms with Crippen LogP contribution in [0.5, 0.6) is 5.75 Å². The molecule has 9 heteroatoms. The van der Waals surface area contributed by atoms with Crippen LogP contribution in [-0.2, 0) is 0 Å². The van der Waals surface area contributed by atoms with Gasteiger partial charge in [-0.2, -0.15) is 5.10 Å². The highest BCUT2D eigenvalue weighted by Gasteiger charge is 2.05. The third-order valence-corrected chi connectivity index (χ3v) is 3.06. The summed E-state index contributed by atoms with van der Waals surface area (Å²) >= 11 is 6.55. The van der Waals surface area contributed by atoms with Crippen molar-refractivity contribution in [3.63, 3.8) is 0 Å². The number of nitrogens with two attached hydrogens (primary N) is 1. The first-order valence-corrected chi connectivity index (χ1v) is 6.28. The van der Waals surface area contributed by atoms with Crippen molar-refractivity contribution in [2.75, 3.05) is 11.3 Å². The lowest BCUT2D eigenvalue weighted by molar-refractivity contribution is 0.471. The van der Waals surface area contributed by atoms with Gasteiger partial charge in [-0.25, -0.2) is 10.1 Å². The number of aromatic hydroxyl groups is 1. The molecule has 94 valence electrons. The van der Waals surface area contributed by atoms with Gasteiger partial charge in [-0.3, -0.25) is 0 Å². The van der Waals surface area contributed by atoms with Crippen LogP contribution in [0.3, 0.4) is 0 Å². The molecule has 2 aromatic rings. The molecule has 0 radical (unpaired) electrons. The van der Waals surface area contributed by atoms with Crippen molar-refractivity contribution in [1.29, 1.82) is 0 Å². The van der Waals surface area contributed by atoms with Crippen LogP contribution in [0.15, 0.2) is 32.5 Å². The maximum absolute atomic E-state index is 9.79. The number of phenolic OH excluding ortho intramolecular Hbond substituents is 1. The van der Waals surface area contributed by atoms with E-state index in [9.17, 15) is 5.11 Å². The van der Waals surface area contributed by atoms with Crippen molar-refractivity contribution < 1.29 is 5.11 Å². The lowest BCUT2D eigenvalue weighted by Crippen LogP contribution is -2.10. The molecule has 1 aromatic heterocycles. The van der Waals surface area contributed by atoms with Gasteiger partial charge in [0.05, 0.1) is 10.7 Å². The Morgan fingerprint density at radius 1 is 1.44 bits per heavy atom. The fraction of sp³-hybridized carbons (Fsp3) is 0. The third-order valence-electron chi connectivity index (χ3n) is 2.00. The molecule has 0 unspecified atom stereocenters. The number of anilines is 1. The Labute approximate surface area is 119 Å². The van der Waals surface area contributed by atoms with E-state index in [0.717, 1.165) is 4.47 Å². The zero-order chi connectivity index (χ0) is 13.1. The van der Waals surface area contributed by atoms with E-state index >= 15 is 0 Å². The van der Waals surface area contributed by atoms with Crippen LogP contribution < -0.4 is 11.3 Å². The Hall–Kier alpha value is -1.61. The summed E-state index contributed by atoms with van der Waals surface area (Å²) in [6.45, 7) is 0. The molecule has 0 saturated carbocycles. The standard InChI is InChI=1S/C9H8Br2N6O/c10-6-1-5(8(18)7(11)2-6)3-13-15-9-16-14-4-17(9)12/h1-4,18H,12H2,(H,15,16). The Balaban J connectivity index is 2.17. The van der Waals surface area contributed by atoms with E-state index < -0.39 is 0 Å². The Morgan fingerprint density at radius 3 is 2.89 bits per heavy atom. The number of aromatic nitrogens is 3. The summed E-state index contributed by atoms with van der Waals surface area (Å²) in [6.07, 6.45) is 2.78. The SMILES string of the molecule is Nn1cnnc1NN=Cc1cc(Br)cc(Br)c1O. The van der Waals surface area contributed by atoms with Gasteiger partial charge in [0, 0.05) is 10.0 Å². The largest absolute Gasteiger partial charge is 0.506 e. The van der Waals surface area contributed by atoms with E-state index in [1.165, 1.54) is 17.2 Å². The molecule has 0 amide bonds. The average Bonchev–Trinajstić information content (AvgIpc) is 2.71. The van der Waals surface area contributed by atoms with Crippen molar-refractivity contribution in [2.24, 2.45) is 5.10 Å². The predicted molar refractivity (Wildman–Crippen MR) is 74.9 cm³/mol. The number of hydrogen-bond donors (Lipinski definition) is 3. The normalized spacial score (nSPS) is 11.0. The highest BCUT2D eigenvalue weighted by molar-refractivity contribution is 9.11. The van der Waals surface area contributed by atoms with Gasteiger partial charge in [0.1, 0.15) is 12.1 Å². The van der Waals surface area contributed by atoms with Gasteiger partial charge < -0.3 is 10.9 Å². The summed E-state index contributed by atoms with van der Waals surface area (Å²) in [5, 5.41) is 21.0.